The van der Waals surface area contributed by atoms with E-state index in [1.165, 1.54) is 4.88 Å². The van der Waals surface area contributed by atoms with E-state index < -0.39 is 0 Å². The minimum atomic E-state index is -0.193. The van der Waals surface area contributed by atoms with Crippen LogP contribution < -0.4 is 5.32 Å². The highest BCUT2D eigenvalue weighted by Crippen LogP contribution is 2.21. The van der Waals surface area contributed by atoms with Gasteiger partial charge in [0, 0.05) is 30.2 Å². The molecule has 1 saturated heterocycles. The highest BCUT2D eigenvalue weighted by Gasteiger charge is 2.23. The summed E-state index contributed by atoms with van der Waals surface area (Å²) in [5.41, 5.74) is 0. The molecule has 5 nitrogen and oxygen atoms in total. The molecule has 0 bridgehead atoms. The van der Waals surface area contributed by atoms with E-state index in [9.17, 15) is 4.79 Å². The molecule has 0 saturated carbocycles. The molecule has 2 rings (SSSR count). The first-order valence-electron chi connectivity index (χ1n) is 6.29. The summed E-state index contributed by atoms with van der Waals surface area (Å²) in [6.45, 7) is 5.82. The fourth-order valence-electron chi connectivity index (χ4n) is 2.02. The second-order valence-corrected chi connectivity index (χ2v) is 5.62. The van der Waals surface area contributed by atoms with Crippen LogP contribution >= 0.6 is 11.3 Å². The maximum atomic E-state index is 11.5. The van der Waals surface area contributed by atoms with Crippen molar-refractivity contribution in [3.63, 3.8) is 0 Å². The van der Waals surface area contributed by atoms with Crippen LogP contribution in [-0.4, -0.2) is 41.7 Å². The molecule has 0 aromatic carbocycles. The predicted octanol–water partition coefficient (Wildman–Crippen LogP) is 2.48. The number of carbonyl (C=O) groups excluding carboxylic acids is 1. The number of aryl methyl sites for hydroxylation is 1. The van der Waals surface area contributed by atoms with Crippen LogP contribution in [0, 0.1) is 6.92 Å². The minimum Gasteiger partial charge on any atom is -0.450 e. The first-order chi connectivity index (χ1) is 8.69. The molecule has 1 aromatic rings. The summed E-state index contributed by atoms with van der Waals surface area (Å²) >= 11 is 1.67. The molecule has 2 heterocycles. The van der Waals surface area contributed by atoms with Gasteiger partial charge in [-0.3, -0.25) is 0 Å². The predicted molar refractivity (Wildman–Crippen MR) is 72.1 cm³/mol. The van der Waals surface area contributed by atoms with Gasteiger partial charge in [-0.05, 0) is 26.7 Å². The van der Waals surface area contributed by atoms with Crippen molar-refractivity contribution < 1.29 is 9.53 Å². The maximum Gasteiger partial charge on any atom is 0.409 e. The number of ether oxygens (including phenoxy) is 1. The quantitative estimate of drug-likeness (QED) is 0.916. The average molecular weight is 269 g/mol. The third kappa shape index (κ3) is 3.35. The molecule has 18 heavy (non-hydrogen) atoms. The molecule has 1 aliphatic heterocycles. The summed E-state index contributed by atoms with van der Waals surface area (Å²) in [4.78, 5) is 18.8. The summed E-state index contributed by atoms with van der Waals surface area (Å²) < 4.78 is 4.99. The number of carbonyl (C=O) groups is 1. The van der Waals surface area contributed by atoms with E-state index in [0.29, 0.717) is 12.6 Å². The fourth-order valence-corrected chi connectivity index (χ4v) is 2.76. The monoisotopic (exact) mass is 269 g/mol. The molecule has 100 valence electrons. The summed E-state index contributed by atoms with van der Waals surface area (Å²) in [6, 6.07) is 0.404. The topological polar surface area (TPSA) is 54.5 Å². The van der Waals surface area contributed by atoms with E-state index in [4.69, 9.17) is 4.74 Å². The Labute approximate surface area is 111 Å². The Morgan fingerprint density at radius 2 is 2.33 bits per heavy atom. The zero-order chi connectivity index (χ0) is 13.0. The molecular weight excluding hydrogens is 250 g/mol. The van der Waals surface area contributed by atoms with Crippen molar-refractivity contribution in [1.82, 2.24) is 9.88 Å². The highest BCUT2D eigenvalue weighted by molar-refractivity contribution is 7.15. The van der Waals surface area contributed by atoms with Crippen molar-refractivity contribution >= 4 is 22.6 Å². The second-order valence-electron chi connectivity index (χ2n) is 4.38. The number of piperidine rings is 1. The van der Waals surface area contributed by atoms with Crippen LogP contribution in [0.2, 0.25) is 0 Å². The van der Waals surface area contributed by atoms with Crippen LogP contribution in [0.3, 0.4) is 0 Å². The van der Waals surface area contributed by atoms with Gasteiger partial charge in [-0.2, -0.15) is 0 Å². The molecule has 6 heteroatoms. The number of hydrogen-bond donors (Lipinski definition) is 1. The third-order valence-electron chi connectivity index (χ3n) is 2.97. The SMILES string of the molecule is CCOC(=O)N1CCC(Nc2ncc(C)s2)CC1. The van der Waals surface area contributed by atoms with Crippen molar-refractivity contribution in [2.24, 2.45) is 0 Å². The number of thiazole rings is 1. The van der Waals surface area contributed by atoms with Gasteiger partial charge in [-0.15, -0.1) is 11.3 Å². The van der Waals surface area contributed by atoms with E-state index >= 15 is 0 Å². The van der Waals surface area contributed by atoms with Gasteiger partial charge in [0.1, 0.15) is 0 Å². The zero-order valence-corrected chi connectivity index (χ0v) is 11.6. The number of anilines is 1. The van der Waals surface area contributed by atoms with Gasteiger partial charge >= 0.3 is 6.09 Å². The number of hydrogen-bond acceptors (Lipinski definition) is 5. The summed E-state index contributed by atoms with van der Waals surface area (Å²) in [7, 11) is 0. The Bertz CT molecular complexity index is 400. The molecule has 0 atom stereocenters. The first-order valence-corrected chi connectivity index (χ1v) is 7.11. The fraction of sp³-hybridized carbons (Fsp3) is 0.667. The number of aromatic nitrogens is 1. The largest absolute Gasteiger partial charge is 0.450 e. The van der Waals surface area contributed by atoms with Gasteiger partial charge < -0.3 is 15.0 Å². The van der Waals surface area contributed by atoms with E-state index in [2.05, 4.69) is 10.3 Å². The molecule has 1 fully saturated rings. The molecule has 1 N–H and O–H groups in total. The normalized spacial score (nSPS) is 16.7. The standard InChI is InChI=1S/C12H19N3O2S/c1-3-17-12(16)15-6-4-10(5-7-15)14-11-13-8-9(2)18-11/h8,10H,3-7H2,1-2H3,(H,13,14). The Hall–Kier alpha value is -1.30. The Morgan fingerprint density at radius 3 is 2.89 bits per heavy atom. The first kappa shape index (κ1) is 13.1. The van der Waals surface area contributed by atoms with Gasteiger partial charge in [0.05, 0.1) is 6.61 Å². The molecule has 1 aliphatic rings. The van der Waals surface area contributed by atoms with Gasteiger partial charge in [0.25, 0.3) is 0 Å². The second kappa shape index (κ2) is 6.04. The Morgan fingerprint density at radius 1 is 1.61 bits per heavy atom. The van der Waals surface area contributed by atoms with E-state index in [1.807, 2.05) is 20.0 Å². The summed E-state index contributed by atoms with van der Waals surface area (Å²) in [6.07, 6.45) is 3.57. The number of nitrogens with zero attached hydrogens (tertiary/aromatic N) is 2. The molecule has 1 amide bonds. The van der Waals surface area contributed by atoms with Crippen LogP contribution in [0.4, 0.5) is 9.93 Å². The van der Waals surface area contributed by atoms with Gasteiger partial charge in [0.2, 0.25) is 0 Å². The van der Waals surface area contributed by atoms with Crippen molar-refractivity contribution in [2.45, 2.75) is 32.7 Å². The lowest BCUT2D eigenvalue weighted by Crippen LogP contribution is -2.42. The lowest BCUT2D eigenvalue weighted by Gasteiger charge is -2.31. The zero-order valence-electron chi connectivity index (χ0n) is 10.8. The smallest absolute Gasteiger partial charge is 0.409 e. The van der Waals surface area contributed by atoms with Crippen LogP contribution in [0.15, 0.2) is 6.20 Å². The lowest BCUT2D eigenvalue weighted by molar-refractivity contribution is 0.0983. The Balaban J connectivity index is 1.78. The average Bonchev–Trinajstić information content (AvgIpc) is 2.76. The highest BCUT2D eigenvalue weighted by atomic mass is 32.1. The molecule has 0 spiro atoms. The molecule has 0 radical (unpaired) electrons. The maximum absolute atomic E-state index is 11.5. The van der Waals surface area contributed by atoms with Crippen molar-refractivity contribution in [3.05, 3.63) is 11.1 Å². The van der Waals surface area contributed by atoms with Crippen LogP contribution in [-0.2, 0) is 4.74 Å². The van der Waals surface area contributed by atoms with E-state index in [-0.39, 0.29) is 6.09 Å². The lowest BCUT2D eigenvalue weighted by atomic mass is 10.1. The number of likely N-dealkylation sites (tertiary alicyclic amines) is 1. The van der Waals surface area contributed by atoms with Crippen LogP contribution in [0.5, 0.6) is 0 Å². The van der Waals surface area contributed by atoms with E-state index in [1.54, 1.807) is 16.2 Å². The van der Waals surface area contributed by atoms with Crippen molar-refractivity contribution in [3.8, 4) is 0 Å². The van der Waals surface area contributed by atoms with Gasteiger partial charge in [-0.25, -0.2) is 9.78 Å². The number of rotatable bonds is 3. The third-order valence-corrected chi connectivity index (χ3v) is 3.81. The van der Waals surface area contributed by atoms with E-state index in [0.717, 1.165) is 31.1 Å². The minimum absolute atomic E-state index is 0.193. The number of amides is 1. The Kier molecular flexibility index (Phi) is 4.41. The van der Waals surface area contributed by atoms with Crippen LogP contribution in [0.1, 0.15) is 24.6 Å². The van der Waals surface area contributed by atoms with Crippen molar-refractivity contribution in [2.75, 3.05) is 25.0 Å². The molecule has 1 aromatic heterocycles. The number of nitrogens with one attached hydrogen (secondary N) is 1. The summed E-state index contributed by atoms with van der Waals surface area (Å²) in [5.74, 6) is 0. The summed E-state index contributed by atoms with van der Waals surface area (Å²) in [5, 5.41) is 4.40. The van der Waals surface area contributed by atoms with Gasteiger partial charge in [0.15, 0.2) is 5.13 Å². The van der Waals surface area contributed by atoms with Crippen molar-refractivity contribution in [1.29, 1.82) is 0 Å². The van der Waals surface area contributed by atoms with Gasteiger partial charge in [-0.1, -0.05) is 0 Å². The molecule has 0 aliphatic carbocycles. The molecular formula is C12H19N3O2S. The molecule has 0 unspecified atom stereocenters. The van der Waals surface area contributed by atoms with Crippen LogP contribution in [0.25, 0.3) is 0 Å².